The maximum atomic E-state index is 11.9. The van der Waals surface area contributed by atoms with Crippen molar-refractivity contribution in [3.05, 3.63) is 65.2 Å². The summed E-state index contributed by atoms with van der Waals surface area (Å²) in [5.74, 6) is 2.93. The van der Waals surface area contributed by atoms with Gasteiger partial charge in [-0.05, 0) is 53.2 Å². The Morgan fingerprint density at radius 3 is 2.64 bits per heavy atom. The number of aryl methyl sites for hydroxylation is 2. The number of thioether (sulfide) groups is 1. The average molecular weight is 313 g/mol. The van der Waals surface area contributed by atoms with Crippen LogP contribution in [-0.4, -0.2) is 17.6 Å². The van der Waals surface area contributed by atoms with Crippen LogP contribution in [0.2, 0.25) is 0 Å². The topological polar surface area (TPSA) is 38.3 Å². The van der Waals surface area contributed by atoms with Gasteiger partial charge in [-0.3, -0.25) is 0 Å². The van der Waals surface area contributed by atoms with E-state index >= 15 is 0 Å². The minimum Gasteiger partial charge on any atom is -0.410 e. The number of carbonyl (C=O) groups excluding carboxylic acids is 1. The van der Waals surface area contributed by atoms with Crippen LogP contribution >= 0.6 is 11.8 Å². The van der Waals surface area contributed by atoms with Crippen LogP contribution in [0.3, 0.4) is 0 Å². The summed E-state index contributed by atoms with van der Waals surface area (Å²) in [7, 11) is 0. The van der Waals surface area contributed by atoms with E-state index in [0.717, 1.165) is 24.2 Å². The summed E-state index contributed by atoms with van der Waals surface area (Å²) in [6, 6.07) is 15.8. The fraction of sp³-hybridized carbons (Fsp3) is 0.278. The number of hydrogen-bond acceptors (Lipinski definition) is 3. The summed E-state index contributed by atoms with van der Waals surface area (Å²) in [5, 5.41) is 2.77. The highest BCUT2D eigenvalue weighted by molar-refractivity contribution is 7.99. The molecular weight excluding hydrogens is 294 g/mol. The quantitative estimate of drug-likeness (QED) is 0.936. The lowest BCUT2D eigenvalue weighted by Crippen LogP contribution is -2.26. The Bertz CT molecular complexity index is 643. The van der Waals surface area contributed by atoms with Gasteiger partial charge in [0.25, 0.3) is 0 Å². The predicted molar refractivity (Wildman–Crippen MR) is 90.5 cm³/mol. The minimum atomic E-state index is -0.410. The average Bonchev–Trinajstić information content (AvgIpc) is 2.79. The van der Waals surface area contributed by atoms with Crippen LogP contribution in [0.4, 0.5) is 4.79 Å². The smallest absolute Gasteiger partial charge is 0.410 e. The molecule has 1 N–H and O–H groups in total. The summed E-state index contributed by atoms with van der Waals surface area (Å²) < 4.78 is 5.39. The van der Waals surface area contributed by atoms with E-state index in [4.69, 9.17) is 4.74 Å². The van der Waals surface area contributed by atoms with Crippen LogP contribution in [0.1, 0.15) is 16.7 Å². The first-order valence-corrected chi connectivity index (χ1v) is 8.66. The molecular formula is C18H19NO2S. The van der Waals surface area contributed by atoms with Crippen molar-refractivity contribution >= 4 is 17.9 Å². The van der Waals surface area contributed by atoms with Gasteiger partial charge in [-0.25, -0.2) is 4.79 Å². The molecule has 0 saturated carbocycles. The number of rotatable bonds is 3. The van der Waals surface area contributed by atoms with Gasteiger partial charge in [0.05, 0.1) is 0 Å². The lowest BCUT2D eigenvalue weighted by molar-refractivity contribution is 0.200. The zero-order valence-electron chi connectivity index (χ0n) is 12.4. The molecule has 2 aromatic rings. The summed E-state index contributed by atoms with van der Waals surface area (Å²) in [5.41, 5.74) is 3.74. The van der Waals surface area contributed by atoms with Crippen LogP contribution in [0.15, 0.2) is 48.5 Å². The molecule has 0 radical (unpaired) electrons. The second kappa shape index (κ2) is 7.36. The van der Waals surface area contributed by atoms with Crippen molar-refractivity contribution in [2.75, 3.05) is 11.5 Å². The second-order valence-corrected chi connectivity index (χ2v) is 6.50. The first kappa shape index (κ1) is 15.0. The van der Waals surface area contributed by atoms with Gasteiger partial charge in [-0.2, -0.15) is 11.8 Å². The molecule has 3 nitrogen and oxygen atoms in total. The summed E-state index contributed by atoms with van der Waals surface area (Å²) >= 11 is 1.98. The highest BCUT2D eigenvalue weighted by Crippen LogP contribution is 2.24. The normalized spacial score (nSPS) is 13.8. The zero-order chi connectivity index (χ0) is 15.2. The van der Waals surface area contributed by atoms with E-state index in [-0.39, 0.29) is 0 Å². The monoisotopic (exact) mass is 313 g/mol. The van der Waals surface area contributed by atoms with Crippen molar-refractivity contribution in [2.45, 2.75) is 19.4 Å². The van der Waals surface area contributed by atoms with Crippen molar-refractivity contribution in [3.8, 4) is 5.75 Å². The largest absolute Gasteiger partial charge is 0.412 e. The molecule has 0 aliphatic carbocycles. The molecule has 0 saturated heterocycles. The number of ether oxygens (including phenoxy) is 1. The minimum absolute atomic E-state index is 0.410. The molecule has 2 aromatic carbocycles. The molecule has 0 aromatic heterocycles. The van der Waals surface area contributed by atoms with Crippen molar-refractivity contribution < 1.29 is 9.53 Å². The first-order chi connectivity index (χ1) is 10.8. The predicted octanol–water partition coefficient (Wildman–Crippen LogP) is 3.81. The van der Waals surface area contributed by atoms with E-state index in [1.165, 1.54) is 16.9 Å². The van der Waals surface area contributed by atoms with Gasteiger partial charge in [0.2, 0.25) is 0 Å². The molecule has 0 unspecified atom stereocenters. The molecule has 1 aliphatic rings. The number of hydrogen-bond donors (Lipinski definition) is 1. The van der Waals surface area contributed by atoms with E-state index in [9.17, 15) is 4.79 Å². The van der Waals surface area contributed by atoms with Crippen LogP contribution in [0.5, 0.6) is 5.75 Å². The molecule has 1 aliphatic heterocycles. The highest BCUT2D eigenvalue weighted by atomic mass is 32.2. The maximum absolute atomic E-state index is 11.9. The van der Waals surface area contributed by atoms with Crippen LogP contribution in [0.25, 0.3) is 0 Å². The number of nitrogens with one attached hydrogen (secondary N) is 1. The Morgan fingerprint density at radius 2 is 1.82 bits per heavy atom. The highest BCUT2D eigenvalue weighted by Gasteiger charge is 2.11. The summed E-state index contributed by atoms with van der Waals surface area (Å²) in [4.78, 5) is 11.9. The number of benzene rings is 2. The van der Waals surface area contributed by atoms with Crippen molar-refractivity contribution in [2.24, 2.45) is 0 Å². The van der Waals surface area contributed by atoms with Gasteiger partial charge in [0, 0.05) is 6.54 Å². The van der Waals surface area contributed by atoms with E-state index in [2.05, 4.69) is 11.4 Å². The Morgan fingerprint density at radius 1 is 1.05 bits per heavy atom. The Kier molecular flexibility index (Phi) is 5.01. The fourth-order valence-electron chi connectivity index (χ4n) is 2.52. The summed E-state index contributed by atoms with van der Waals surface area (Å²) in [6.07, 6.45) is 1.73. The van der Waals surface area contributed by atoms with Gasteiger partial charge in [0.15, 0.2) is 0 Å². The molecule has 22 heavy (non-hydrogen) atoms. The third-order valence-electron chi connectivity index (χ3n) is 3.70. The number of fused-ring (bicyclic) bond motifs is 1. The van der Waals surface area contributed by atoms with E-state index in [1.807, 2.05) is 54.2 Å². The lowest BCUT2D eigenvalue weighted by atomic mass is 10.0. The van der Waals surface area contributed by atoms with E-state index < -0.39 is 6.09 Å². The Labute approximate surface area is 135 Å². The molecule has 4 heteroatoms. The van der Waals surface area contributed by atoms with Crippen LogP contribution < -0.4 is 10.1 Å². The molecule has 0 atom stereocenters. The fourth-order valence-corrected chi connectivity index (χ4v) is 3.45. The molecule has 3 rings (SSSR count). The van der Waals surface area contributed by atoms with Gasteiger partial charge in [-0.15, -0.1) is 0 Å². The lowest BCUT2D eigenvalue weighted by Gasteiger charge is -2.10. The number of amides is 1. The standard InChI is InChI=1S/C18H19NO2S/c20-18(19-13-14-4-2-1-3-5-14)21-17-7-6-15-8-10-22-11-9-16(15)12-17/h1-7,12H,8-11,13H2,(H,19,20). The maximum Gasteiger partial charge on any atom is 0.412 e. The van der Waals surface area contributed by atoms with Crippen LogP contribution in [-0.2, 0) is 19.4 Å². The molecule has 114 valence electrons. The summed E-state index contributed by atoms with van der Waals surface area (Å²) in [6.45, 7) is 0.473. The SMILES string of the molecule is O=C(NCc1ccccc1)Oc1ccc2c(c1)CCSCC2. The molecule has 1 amide bonds. The van der Waals surface area contributed by atoms with E-state index in [1.54, 1.807) is 0 Å². The number of carbonyl (C=O) groups is 1. The molecule has 1 heterocycles. The Hall–Kier alpha value is -1.94. The van der Waals surface area contributed by atoms with Crippen molar-refractivity contribution in [1.29, 1.82) is 0 Å². The zero-order valence-corrected chi connectivity index (χ0v) is 13.2. The molecule has 0 spiro atoms. The molecule has 0 fully saturated rings. The van der Waals surface area contributed by atoms with Gasteiger partial charge >= 0.3 is 6.09 Å². The van der Waals surface area contributed by atoms with Crippen molar-refractivity contribution in [3.63, 3.8) is 0 Å². The second-order valence-electron chi connectivity index (χ2n) is 5.27. The van der Waals surface area contributed by atoms with Gasteiger partial charge < -0.3 is 10.1 Å². The Balaban J connectivity index is 1.58. The van der Waals surface area contributed by atoms with E-state index in [0.29, 0.717) is 12.3 Å². The third-order valence-corrected chi connectivity index (χ3v) is 4.69. The van der Waals surface area contributed by atoms with Gasteiger partial charge in [0.1, 0.15) is 5.75 Å². The van der Waals surface area contributed by atoms with Crippen LogP contribution in [0, 0.1) is 0 Å². The molecule has 0 bridgehead atoms. The third kappa shape index (κ3) is 4.04. The first-order valence-electron chi connectivity index (χ1n) is 7.50. The van der Waals surface area contributed by atoms with Crippen molar-refractivity contribution in [1.82, 2.24) is 5.32 Å². The van der Waals surface area contributed by atoms with Gasteiger partial charge in [-0.1, -0.05) is 36.4 Å².